The van der Waals surface area contributed by atoms with E-state index >= 15 is 0 Å². The van der Waals surface area contributed by atoms with E-state index in [2.05, 4.69) is 27.5 Å². The van der Waals surface area contributed by atoms with Crippen LogP contribution in [0.5, 0.6) is 0 Å². The maximum absolute atomic E-state index is 12.7. The number of nitrogens with zero attached hydrogens (tertiary/aromatic N) is 2. The maximum Gasteiger partial charge on any atom is 0.288 e. The zero-order valence-electron chi connectivity index (χ0n) is 17.8. The number of hydrogen-bond donors (Lipinski definition) is 2. The van der Waals surface area contributed by atoms with Crippen LogP contribution in [0, 0.1) is 0 Å². The van der Waals surface area contributed by atoms with Gasteiger partial charge in [0.15, 0.2) is 0 Å². The summed E-state index contributed by atoms with van der Waals surface area (Å²) in [4.78, 5) is 18.0. The molecule has 2 aromatic rings. The number of rotatable bonds is 10. The zero-order valence-corrected chi connectivity index (χ0v) is 18.6. The number of para-hydroxylation sites is 1. The lowest BCUT2D eigenvalue weighted by molar-refractivity contribution is 0.0952. The van der Waals surface area contributed by atoms with E-state index in [9.17, 15) is 13.6 Å². The number of likely N-dealkylation sites (N-methyl/N-ethyl adjacent to an activating group) is 1. The molecule has 3 rings (SSSR count). The summed E-state index contributed by atoms with van der Waals surface area (Å²) in [5.74, 6) is -2.56. The van der Waals surface area contributed by atoms with E-state index in [0.29, 0.717) is 34.5 Å². The molecule has 0 saturated carbocycles. The zero-order chi connectivity index (χ0) is 22.1. The van der Waals surface area contributed by atoms with Gasteiger partial charge in [-0.1, -0.05) is 23.9 Å². The number of carbonyl (C=O) groups is 1. The van der Waals surface area contributed by atoms with Crippen molar-refractivity contribution >= 4 is 29.0 Å². The van der Waals surface area contributed by atoms with Crippen LogP contribution < -0.4 is 10.6 Å². The largest absolute Gasteiger partial charge is 0.355 e. The lowest BCUT2D eigenvalue weighted by Crippen LogP contribution is -2.44. The first-order valence-electron chi connectivity index (χ1n) is 10.6. The Morgan fingerprint density at radius 1 is 1.03 bits per heavy atom. The highest BCUT2D eigenvalue weighted by Crippen LogP contribution is 2.27. The van der Waals surface area contributed by atoms with E-state index in [4.69, 9.17) is 0 Å². The van der Waals surface area contributed by atoms with E-state index in [1.807, 2.05) is 18.2 Å². The molecule has 1 fully saturated rings. The normalized spacial score (nSPS) is 15.2. The van der Waals surface area contributed by atoms with E-state index in [-0.39, 0.29) is 5.91 Å². The van der Waals surface area contributed by atoms with E-state index in [1.165, 1.54) is 0 Å². The summed E-state index contributed by atoms with van der Waals surface area (Å²) < 4.78 is 24.9. The number of anilines is 2. The van der Waals surface area contributed by atoms with E-state index in [1.54, 1.807) is 30.3 Å². The molecule has 0 unspecified atom stereocenters. The van der Waals surface area contributed by atoms with E-state index in [0.717, 1.165) is 51.3 Å². The van der Waals surface area contributed by atoms with Crippen LogP contribution in [0.15, 0.2) is 53.4 Å². The predicted molar refractivity (Wildman–Crippen MR) is 124 cm³/mol. The van der Waals surface area contributed by atoms with Crippen LogP contribution in [0.3, 0.4) is 0 Å². The van der Waals surface area contributed by atoms with Gasteiger partial charge in [-0.25, -0.2) is 0 Å². The Morgan fingerprint density at radius 2 is 1.74 bits per heavy atom. The summed E-state index contributed by atoms with van der Waals surface area (Å²) in [6.07, 6.45) is 2.00. The Bertz CT molecular complexity index is 827. The van der Waals surface area contributed by atoms with Crippen LogP contribution in [0.4, 0.5) is 20.2 Å². The molecule has 0 aromatic heterocycles. The van der Waals surface area contributed by atoms with Gasteiger partial charge in [-0.05, 0) is 62.8 Å². The fourth-order valence-electron chi connectivity index (χ4n) is 3.49. The highest BCUT2D eigenvalue weighted by Gasteiger charge is 2.14. The minimum Gasteiger partial charge on any atom is -0.355 e. The van der Waals surface area contributed by atoms with Crippen molar-refractivity contribution in [3.63, 3.8) is 0 Å². The number of thioether (sulfide) groups is 1. The number of hydrogen-bond acceptors (Lipinski definition) is 5. The highest BCUT2D eigenvalue weighted by atomic mass is 32.2. The quantitative estimate of drug-likeness (QED) is 0.414. The fraction of sp³-hybridized carbons (Fsp3) is 0.435. The fourth-order valence-corrected chi connectivity index (χ4v) is 3.99. The van der Waals surface area contributed by atoms with Crippen molar-refractivity contribution in [1.82, 2.24) is 15.1 Å². The lowest BCUT2D eigenvalue weighted by atomic mass is 10.1. The molecule has 168 valence electrons. The molecule has 2 aromatic carbocycles. The third-order valence-corrected chi connectivity index (χ3v) is 6.04. The second kappa shape index (κ2) is 12.0. The molecule has 31 heavy (non-hydrogen) atoms. The molecule has 0 bridgehead atoms. The van der Waals surface area contributed by atoms with Crippen molar-refractivity contribution in [1.29, 1.82) is 0 Å². The van der Waals surface area contributed by atoms with Gasteiger partial charge in [-0.2, -0.15) is 8.78 Å². The number of carbonyl (C=O) groups excluding carboxylic acids is 1. The first-order chi connectivity index (χ1) is 15.0. The molecule has 1 saturated heterocycles. The number of amides is 1. The van der Waals surface area contributed by atoms with Gasteiger partial charge in [0.2, 0.25) is 0 Å². The molecule has 5 nitrogen and oxygen atoms in total. The van der Waals surface area contributed by atoms with Gasteiger partial charge < -0.3 is 20.4 Å². The summed E-state index contributed by atoms with van der Waals surface area (Å²) in [5, 5.41) is 6.22. The summed E-state index contributed by atoms with van der Waals surface area (Å²) in [6.45, 7) is 6.18. The molecule has 8 heteroatoms. The number of benzene rings is 2. The Hall–Kier alpha value is -2.16. The van der Waals surface area contributed by atoms with Crippen LogP contribution in [-0.4, -0.2) is 67.8 Å². The molecule has 0 aliphatic carbocycles. The van der Waals surface area contributed by atoms with Gasteiger partial charge >= 0.3 is 0 Å². The van der Waals surface area contributed by atoms with Crippen molar-refractivity contribution in [2.24, 2.45) is 0 Å². The summed E-state index contributed by atoms with van der Waals surface area (Å²) in [6, 6.07) is 14.1. The molecule has 2 N–H and O–H groups in total. The molecule has 0 atom stereocenters. The van der Waals surface area contributed by atoms with Crippen molar-refractivity contribution in [3.8, 4) is 0 Å². The van der Waals surface area contributed by atoms with Crippen molar-refractivity contribution in [3.05, 3.63) is 54.1 Å². The first-order valence-corrected chi connectivity index (χ1v) is 11.5. The van der Waals surface area contributed by atoms with Gasteiger partial charge in [-0.3, -0.25) is 4.79 Å². The van der Waals surface area contributed by atoms with Gasteiger partial charge in [0.05, 0.1) is 11.3 Å². The average Bonchev–Trinajstić information content (AvgIpc) is 2.76. The molecule has 1 amide bonds. The van der Waals surface area contributed by atoms with Crippen molar-refractivity contribution < 1.29 is 13.6 Å². The van der Waals surface area contributed by atoms with Crippen LogP contribution in [0.1, 0.15) is 23.2 Å². The minimum atomic E-state index is -2.44. The number of halogens is 2. The van der Waals surface area contributed by atoms with Crippen LogP contribution in [0.25, 0.3) is 0 Å². The third-order valence-electron chi connectivity index (χ3n) is 5.31. The number of unbranched alkanes of at least 4 members (excludes halogenated alkanes) is 1. The maximum atomic E-state index is 12.7. The second-order valence-electron chi connectivity index (χ2n) is 7.68. The monoisotopic (exact) mass is 448 g/mol. The molecular weight excluding hydrogens is 418 g/mol. The summed E-state index contributed by atoms with van der Waals surface area (Å²) >= 11 is 0.513. The summed E-state index contributed by atoms with van der Waals surface area (Å²) in [5.41, 5.74) is 1.99. The predicted octanol–water partition coefficient (Wildman–Crippen LogP) is 4.50. The third kappa shape index (κ3) is 7.79. The highest BCUT2D eigenvalue weighted by molar-refractivity contribution is 7.99. The van der Waals surface area contributed by atoms with Crippen molar-refractivity contribution in [2.75, 3.05) is 51.6 Å². The Balaban J connectivity index is 1.46. The van der Waals surface area contributed by atoms with Crippen LogP contribution in [0.2, 0.25) is 0 Å². The van der Waals surface area contributed by atoms with Crippen molar-refractivity contribution in [2.45, 2.75) is 23.5 Å². The minimum absolute atomic E-state index is 0.118. The number of piperazine rings is 1. The molecular formula is C23H30F2N4OS. The Labute approximate surface area is 187 Å². The van der Waals surface area contributed by atoms with Crippen LogP contribution in [-0.2, 0) is 0 Å². The molecule has 0 spiro atoms. The van der Waals surface area contributed by atoms with Gasteiger partial charge in [-0.15, -0.1) is 0 Å². The molecule has 1 aliphatic heterocycles. The van der Waals surface area contributed by atoms with Crippen LogP contribution >= 0.6 is 11.8 Å². The van der Waals surface area contributed by atoms with Gasteiger partial charge in [0.25, 0.3) is 11.7 Å². The lowest BCUT2D eigenvalue weighted by Gasteiger charge is -2.32. The second-order valence-corrected chi connectivity index (χ2v) is 8.74. The van der Waals surface area contributed by atoms with E-state index < -0.39 is 5.76 Å². The van der Waals surface area contributed by atoms with Gasteiger partial charge in [0.1, 0.15) is 0 Å². The number of alkyl halides is 2. The topological polar surface area (TPSA) is 47.6 Å². The van der Waals surface area contributed by atoms with Gasteiger partial charge in [0, 0.05) is 43.3 Å². The number of nitrogens with one attached hydrogen (secondary N) is 2. The summed E-state index contributed by atoms with van der Waals surface area (Å²) in [7, 11) is 2.15. The Morgan fingerprint density at radius 3 is 2.45 bits per heavy atom. The molecule has 1 aliphatic rings. The SMILES string of the molecule is CN1CCN(CCCCNC(=O)c2ccccc2Nc2ccc(SC(F)F)cc2)CC1. The smallest absolute Gasteiger partial charge is 0.288 e. The standard InChI is InChI=1S/C23H30F2N4OS/c1-28-14-16-29(17-15-28)13-5-4-12-26-22(30)20-6-2-3-7-21(20)27-18-8-10-19(11-9-18)31-23(24)25/h2-3,6-11,23,27H,4-5,12-17H2,1H3,(H,26,30). The Kier molecular flexibility index (Phi) is 9.12. The molecule has 1 heterocycles. The average molecular weight is 449 g/mol. The molecule has 0 radical (unpaired) electrons. The first kappa shape index (κ1) is 23.5.